The summed E-state index contributed by atoms with van der Waals surface area (Å²) in [6, 6.07) is 10.5. The molecule has 0 unspecified atom stereocenters. The first kappa shape index (κ1) is 37.4. The average Bonchev–Trinajstić information content (AvgIpc) is 3.13. The van der Waals surface area contributed by atoms with Crippen molar-refractivity contribution >= 4 is 61.5 Å². The van der Waals surface area contributed by atoms with E-state index < -0.39 is 6.04 Å². The number of phenols is 1. The maximum Gasteiger partial charge on any atom is 0.322 e. The molecule has 5 amide bonds. The van der Waals surface area contributed by atoms with Crippen LogP contribution in [0.25, 0.3) is 0 Å². The molecular weight excluding hydrogens is 786 g/mol. The van der Waals surface area contributed by atoms with Crippen molar-refractivity contribution in [3.05, 3.63) is 56.5 Å². The molecule has 51 heavy (non-hydrogen) atoms. The Bertz CT molecular complexity index is 1570. The number of fused-ring (bicyclic) bond motifs is 1. The van der Waals surface area contributed by atoms with E-state index in [2.05, 4.69) is 52.3 Å². The summed E-state index contributed by atoms with van der Waals surface area (Å²) < 4.78 is 6.10. The number of para-hydroxylation sites is 1. The summed E-state index contributed by atoms with van der Waals surface area (Å²) in [5.41, 5.74) is 2.70. The lowest BCUT2D eigenvalue weighted by molar-refractivity contribution is -0.145. The molecule has 1 atom stereocenters. The lowest BCUT2D eigenvalue weighted by Crippen LogP contribution is -2.58. The Morgan fingerprint density at radius 1 is 0.922 bits per heavy atom. The van der Waals surface area contributed by atoms with Gasteiger partial charge in [0.15, 0.2) is 0 Å². The first-order valence-corrected chi connectivity index (χ1v) is 19.5. The van der Waals surface area contributed by atoms with Crippen LogP contribution in [0, 0.1) is 0 Å². The van der Waals surface area contributed by atoms with E-state index in [0.29, 0.717) is 73.7 Å². The van der Waals surface area contributed by atoms with E-state index in [4.69, 9.17) is 4.74 Å². The fourth-order valence-electron chi connectivity index (χ4n) is 7.66. The van der Waals surface area contributed by atoms with Crippen molar-refractivity contribution in [2.24, 2.45) is 0 Å². The first-order valence-electron chi connectivity index (χ1n) is 17.9. The maximum absolute atomic E-state index is 14.1. The van der Waals surface area contributed by atoms with Crippen LogP contribution in [0.5, 0.6) is 5.75 Å². The van der Waals surface area contributed by atoms with Crippen molar-refractivity contribution in [1.29, 1.82) is 0 Å². The van der Waals surface area contributed by atoms with Gasteiger partial charge in [0.05, 0.1) is 22.1 Å². The summed E-state index contributed by atoms with van der Waals surface area (Å²) in [5, 5.41) is 16.3. The van der Waals surface area contributed by atoms with Crippen LogP contribution in [0.3, 0.4) is 0 Å². The van der Waals surface area contributed by atoms with Gasteiger partial charge in [-0.05, 0) is 93.8 Å². The highest BCUT2D eigenvalue weighted by Crippen LogP contribution is 2.34. The number of hydrogen-bond acceptors (Lipinski definition) is 8. The molecule has 15 heteroatoms. The quantitative estimate of drug-likeness (QED) is 0.320. The van der Waals surface area contributed by atoms with E-state index >= 15 is 0 Å². The number of carbonyl (C=O) groups is 4. The number of phenolic OH excluding ortho intramolecular Hbond substituents is 1. The van der Waals surface area contributed by atoms with E-state index in [0.717, 1.165) is 55.8 Å². The Kier molecular flexibility index (Phi) is 12.4. The SMILES string of the molecule is CCOC(=O)CN1CCN(C2CCN(C(=O)[C@@H](Cc3cc(Br)c(O)c(Br)c3)NC(=O)N3CCC(N4Cc5ccccc5NC4=O)CC3)CC2)CC1. The van der Waals surface area contributed by atoms with Gasteiger partial charge in [0, 0.05) is 83.1 Å². The zero-order valence-electron chi connectivity index (χ0n) is 29.0. The molecule has 2 aromatic rings. The number of aromatic hydroxyl groups is 1. The monoisotopic (exact) mass is 831 g/mol. The molecular formula is C36H47Br2N7O6. The van der Waals surface area contributed by atoms with Gasteiger partial charge in [-0.1, -0.05) is 18.2 Å². The van der Waals surface area contributed by atoms with Crippen LogP contribution < -0.4 is 10.6 Å². The zero-order valence-corrected chi connectivity index (χ0v) is 32.2. The van der Waals surface area contributed by atoms with Gasteiger partial charge in [0.1, 0.15) is 11.8 Å². The summed E-state index contributed by atoms with van der Waals surface area (Å²) in [4.78, 5) is 62.7. The summed E-state index contributed by atoms with van der Waals surface area (Å²) in [6.07, 6.45) is 3.22. The number of ether oxygens (including phenoxy) is 1. The molecule has 0 radical (unpaired) electrons. The predicted molar refractivity (Wildman–Crippen MR) is 199 cm³/mol. The third-order valence-corrected chi connectivity index (χ3v) is 11.7. The van der Waals surface area contributed by atoms with Crippen LogP contribution in [-0.4, -0.2) is 137 Å². The Morgan fingerprint density at radius 3 is 2.22 bits per heavy atom. The van der Waals surface area contributed by atoms with Gasteiger partial charge < -0.3 is 35.2 Å². The summed E-state index contributed by atoms with van der Waals surface area (Å²) in [7, 11) is 0. The van der Waals surface area contributed by atoms with E-state index in [-0.39, 0.29) is 42.2 Å². The number of anilines is 1. The normalized spacial score (nSPS) is 20.1. The van der Waals surface area contributed by atoms with Gasteiger partial charge in [-0.25, -0.2) is 9.59 Å². The summed E-state index contributed by atoms with van der Waals surface area (Å²) in [5.74, 6) is -0.239. The summed E-state index contributed by atoms with van der Waals surface area (Å²) >= 11 is 6.80. The molecule has 0 saturated carbocycles. The van der Waals surface area contributed by atoms with Crippen LogP contribution in [0.2, 0.25) is 0 Å². The predicted octanol–water partition coefficient (Wildman–Crippen LogP) is 4.22. The molecule has 4 aliphatic heterocycles. The molecule has 3 saturated heterocycles. The molecule has 4 heterocycles. The van der Waals surface area contributed by atoms with Gasteiger partial charge in [0.25, 0.3) is 0 Å². The minimum absolute atomic E-state index is 0.00775. The van der Waals surface area contributed by atoms with E-state index in [1.807, 2.05) is 41.0 Å². The number of amides is 5. The molecule has 0 aromatic heterocycles. The molecule has 276 valence electrons. The van der Waals surface area contributed by atoms with Gasteiger partial charge in [-0.3, -0.25) is 19.4 Å². The fraction of sp³-hybridized carbons (Fsp3) is 0.556. The number of halogens is 2. The lowest BCUT2D eigenvalue weighted by Gasteiger charge is -2.43. The van der Waals surface area contributed by atoms with Gasteiger partial charge in [-0.15, -0.1) is 0 Å². The second-order valence-electron chi connectivity index (χ2n) is 13.7. The minimum atomic E-state index is -0.800. The van der Waals surface area contributed by atoms with Crippen LogP contribution in [0.15, 0.2) is 45.3 Å². The van der Waals surface area contributed by atoms with Crippen LogP contribution in [0.4, 0.5) is 15.3 Å². The van der Waals surface area contributed by atoms with Gasteiger partial charge in [0.2, 0.25) is 5.91 Å². The van der Waals surface area contributed by atoms with Crippen LogP contribution in [-0.2, 0) is 27.3 Å². The van der Waals surface area contributed by atoms with Gasteiger partial charge >= 0.3 is 18.0 Å². The number of esters is 1. The number of carbonyl (C=O) groups excluding carboxylic acids is 4. The Morgan fingerprint density at radius 2 is 1.55 bits per heavy atom. The second kappa shape index (κ2) is 17.0. The Hall–Kier alpha value is -3.40. The average molecular weight is 834 g/mol. The smallest absolute Gasteiger partial charge is 0.322 e. The third kappa shape index (κ3) is 9.16. The number of urea groups is 2. The van der Waals surface area contributed by atoms with Crippen molar-refractivity contribution in [3.8, 4) is 5.75 Å². The highest BCUT2D eigenvalue weighted by atomic mass is 79.9. The molecule has 6 rings (SSSR count). The Labute approximate surface area is 315 Å². The molecule has 13 nitrogen and oxygen atoms in total. The lowest BCUT2D eigenvalue weighted by atomic mass is 9.99. The van der Waals surface area contributed by atoms with Crippen molar-refractivity contribution in [2.45, 2.75) is 63.7 Å². The molecule has 3 fully saturated rings. The highest BCUT2D eigenvalue weighted by Gasteiger charge is 2.36. The second-order valence-corrected chi connectivity index (χ2v) is 15.4. The Balaban J connectivity index is 1.05. The number of nitrogens with zero attached hydrogens (tertiary/aromatic N) is 5. The van der Waals surface area contributed by atoms with Crippen LogP contribution >= 0.6 is 31.9 Å². The topological polar surface area (TPSA) is 138 Å². The van der Waals surface area contributed by atoms with Crippen molar-refractivity contribution < 1.29 is 29.0 Å². The number of piperidine rings is 2. The van der Waals surface area contributed by atoms with Crippen molar-refractivity contribution in [3.63, 3.8) is 0 Å². The van der Waals surface area contributed by atoms with E-state index in [1.165, 1.54) is 0 Å². The zero-order chi connectivity index (χ0) is 36.1. The first-order chi connectivity index (χ1) is 24.6. The van der Waals surface area contributed by atoms with Crippen LogP contribution in [0.1, 0.15) is 43.7 Å². The van der Waals surface area contributed by atoms with E-state index in [1.54, 1.807) is 17.0 Å². The van der Waals surface area contributed by atoms with Crippen molar-refractivity contribution in [2.75, 3.05) is 70.8 Å². The third-order valence-electron chi connectivity index (χ3n) is 10.5. The fourth-order valence-corrected chi connectivity index (χ4v) is 8.94. The standard InChI is InChI=1S/C36H47Br2N7O6/c1-2-51-32(46)23-41-15-17-42(18-16-41)26-7-11-43(12-8-26)34(48)31(21-24-19-28(37)33(47)29(38)20-24)40-35(49)44-13-9-27(10-14-44)45-22-25-5-3-4-6-30(25)39-36(45)50/h3-6,19-20,26-27,31,47H,2,7-18,21-23H2,1H3,(H,39,50)(H,40,49)/t31-/m1/s1. The molecule has 0 spiro atoms. The highest BCUT2D eigenvalue weighted by molar-refractivity contribution is 9.11. The maximum atomic E-state index is 14.1. The molecule has 0 aliphatic carbocycles. The van der Waals surface area contributed by atoms with Crippen molar-refractivity contribution in [1.82, 2.24) is 29.8 Å². The van der Waals surface area contributed by atoms with Gasteiger partial charge in [-0.2, -0.15) is 0 Å². The molecule has 0 bridgehead atoms. The molecule has 4 aliphatic rings. The number of benzene rings is 2. The molecule has 2 aromatic carbocycles. The number of likely N-dealkylation sites (tertiary alicyclic amines) is 2. The number of nitrogens with one attached hydrogen (secondary N) is 2. The number of hydrogen-bond donors (Lipinski definition) is 3. The minimum Gasteiger partial charge on any atom is -0.506 e. The summed E-state index contributed by atoms with van der Waals surface area (Å²) in [6.45, 7) is 8.53. The number of piperazine rings is 1. The number of rotatable bonds is 9. The largest absolute Gasteiger partial charge is 0.506 e. The molecule has 3 N–H and O–H groups in total. The van der Waals surface area contributed by atoms with E-state index in [9.17, 15) is 24.3 Å².